The maximum atomic E-state index is 4.46. The molecular formula is C20H27N5. The molecule has 0 saturated carbocycles. The largest absolute Gasteiger partial charge is 0.335 e. The van der Waals surface area contributed by atoms with Gasteiger partial charge in [0.2, 0.25) is 0 Å². The molecule has 1 aromatic carbocycles. The predicted molar refractivity (Wildman–Crippen MR) is 101 cm³/mol. The van der Waals surface area contributed by atoms with E-state index in [0.29, 0.717) is 5.92 Å². The summed E-state index contributed by atoms with van der Waals surface area (Å²) in [5, 5.41) is 7.96. The van der Waals surface area contributed by atoms with Crippen LogP contribution < -0.4 is 5.32 Å². The van der Waals surface area contributed by atoms with E-state index >= 15 is 0 Å². The van der Waals surface area contributed by atoms with E-state index in [1.165, 1.54) is 17.0 Å². The molecule has 0 aliphatic rings. The lowest BCUT2D eigenvalue weighted by Gasteiger charge is -2.10. The summed E-state index contributed by atoms with van der Waals surface area (Å²) < 4.78 is 4.19. The highest BCUT2D eigenvalue weighted by atomic mass is 15.3. The molecule has 0 amide bonds. The summed E-state index contributed by atoms with van der Waals surface area (Å²) in [5.41, 5.74) is 3.55. The molecule has 2 heterocycles. The van der Waals surface area contributed by atoms with Crippen molar-refractivity contribution in [1.29, 1.82) is 0 Å². The first-order chi connectivity index (χ1) is 12.1. The van der Waals surface area contributed by atoms with Gasteiger partial charge in [0.1, 0.15) is 5.82 Å². The molecule has 25 heavy (non-hydrogen) atoms. The van der Waals surface area contributed by atoms with Gasteiger partial charge in [0.15, 0.2) is 0 Å². The zero-order chi connectivity index (χ0) is 17.6. The molecule has 0 bridgehead atoms. The summed E-state index contributed by atoms with van der Waals surface area (Å²) in [4.78, 5) is 4.43. The average Bonchev–Trinajstić information content (AvgIpc) is 3.23. The van der Waals surface area contributed by atoms with Gasteiger partial charge >= 0.3 is 0 Å². The van der Waals surface area contributed by atoms with Crippen LogP contribution in [-0.2, 0) is 13.1 Å². The van der Waals surface area contributed by atoms with Gasteiger partial charge in [-0.05, 0) is 37.6 Å². The fourth-order valence-electron chi connectivity index (χ4n) is 2.98. The molecule has 1 N–H and O–H groups in total. The molecule has 2 aromatic heterocycles. The number of nitrogens with one attached hydrogen (secondary N) is 1. The highest BCUT2D eigenvalue weighted by Gasteiger charge is 2.06. The number of rotatable bonds is 8. The summed E-state index contributed by atoms with van der Waals surface area (Å²) in [6, 6.07) is 8.38. The van der Waals surface area contributed by atoms with Crippen LogP contribution in [0.2, 0.25) is 0 Å². The molecule has 5 nitrogen and oxygen atoms in total. The second-order valence-corrected chi connectivity index (χ2v) is 6.80. The van der Waals surface area contributed by atoms with Crippen molar-refractivity contribution in [3.8, 4) is 5.69 Å². The van der Waals surface area contributed by atoms with E-state index in [4.69, 9.17) is 0 Å². The molecule has 3 rings (SSSR count). The van der Waals surface area contributed by atoms with E-state index in [1.807, 2.05) is 17.1 Å². The number of nitrogens with zero attached hydrogens (tertiary/aromatic N) is 4. The summed E-state index contributed by atoms with van der Waals surface area (Å²) in [5.74, 6) is 1.63. The van der Waals surface area contributed by atoms with Crippen LogP contribution in [0, 0.1) is 6.92 Å². The molecule has 0 radical (unpaired) electrons. The molecule has 0 aliphatic heterocycles. The van der Waals surface area contributed by atoms with Gasteiger partial charge in [-0.1, -0.05) is 26.0 Å². The number of hydrogen-bond acceptors (Lipinski definition) is 3. The van der Waals surface area contributed by atoms with Crippen LogP contribution in [0.3, 0.4) is 0 Å². The second kappa shape index (κ2) is 8.12. The number of aryl methyl sites for hydroxylation is 2. The highest BCUT2D eigenvalue weighted by Crippen LogP contribution is 2.12. The number of hydrogen-bond donors (Lipinski definition) is 1. The van der Waals surface area contributed by atoms with Gasteiger partial charge in [-0.25, -0.2) is 9.67 Å². The second-order valence-electron chi connectivity index (χ2n) is 6.80. The topological polar surface area (TPSA) is 47.7 Å². The van der Waals surface area contributed by atoms with Crippen LogP contribution in [0.1, 0.15) is 43.1 Å². The average molecular weight is 337 g/mol. The van der Waals surface area contributed by atoms with Gasteiger partial charge in [-0.15, -0.1) is 0 Å². The summed E-state index contributed by atoms with van der Waals surface area (Å²) in [6.45, 7) is 9.29. The maximum absolute atomic E-state index is 4.46. The Bertz CT molecular complexity index is 800. The van der Waals surface area contributed by atoms with Crippen LogP contribution in [0.5, 0.6) is 0 Å². The van der Waals surface area contributed by atoms with Crippen molar-refractivity contribution >= 4 is 0 Å². The Morgan fingerprint density at radius 3 is 2.92 bits per heavy atom. The molecule has 0 saturated heterocycles. The van der Waals surface area contributed by atoms with Crippen molar-refractivity contribution in [2.45, 2.75) is 46.2 Å². The lowest BCUT2D eigenvalue weighted by molar-refractivity contribution is 0.554. The Morgan fingerprint density at radius 2 is 2.12 bits per heavy atom. The standard InChI is InChI=1S/C20H27N5/c1-16(2)20-22-9-11-24(20)10-5-8-21-13-18-14-23-25(15-18)19-7-4-6-17(3)12-19/h4,6-7,9,11-12,14-16,21H,5,8,10,13H2,1-3H3. The molecule has 3 aromatic rings. The van der Waals surface area contributed by atoms with Crippen LogP contribution >= 0.6 is 0 Å². The molecule has 0 unspecified atom stereocenters. The van der Waals surface area contributed by atoms with Crippen LogP contribution in [0.4, 0.5) is 0 Å². The maximum Gasteiger partial charge on any atom is 0.111 e. The van der Waals surface area contributed by atoms with E-state index < -0.39 is 0 Å². The van der Waals surface area contributed by atoms with E-state index in [-0.39, 0.29) is 0 Å². The molecular weight excluding hydrogens is 310 g/mol. The van der Waals surface area contributed by atoms with E-state index in [1.54, 1.807) is 0 Å². The SMILES string of the molecule is Cc1cccc(-n2cc(CNCCCn3ccnc3C(C)C)cn2)c1. The minimum absolute atomic E-state index is 0.468. The third-order valence-corrected chi connectivity index (χ3v) is 4.25. The monoisotopic (exact) mass is 337 g/mol. The minimum atomic E-state index is 0.468. The number of aromatic nitrogens is 4. The normalized spacial score (nSPS) is 11.4. The third kappa shape index (κ3) is 4.57. The Labute approximate surface area is 149 Å². The Kier molecular flexibility index (Phi) is 5.66. The van der Waals surface area contributed by atoms with Gasteiger partial charge in [0, 0.05) is 43.2 Å². The van der Waals surface area contributed by atoms with E-state index in [9.17, 15) is 0 Å². The third-order valence-electron chi connectivity index (χ3n) is 4.25. The molecule has 0 atom stereocenters. The van der Waals surface area contributed by atoms with Crippen molar-refractivity contribution in [1.82, 2.24) is 24.6 Å². The molecule has 0 fully saturated rings. The van der Waals surface area contributed by atoms with Gasteiger partial charge in [-0.3, -0.25) is 0 Å². The lowest BCUT2D eigenvalue weighted by Crippen LogP contribution is -2.17. The molecule has 0 spiro atoms. The smallest absolute Gasteiger partial charge is 0.111 e. The zero-order valence-electron chi connectivity index (χ0n) is 15.3. The van der Waals surface area contributed by atoms with Crippen LogP contribution in [-0.4, -0.2) is 25.9 Å². The van der Waals surface area contributed by atoms with Gasteiger partial charge in [0.25, 0.3) is 0 Å². The van der Waals surface area contributed by atoms with Crippen molar-refractivity contribution in [3.05, 3.63) is 66.0 Å². The van der Waals surface area contributed by atoms with Crippen molar-refractivity contribution in [3.63, 3.8) is 0 Å². The highest BCUT2D eigenvalue weighted by molar-refractivity contribution is 5.35. The summed E-state index contributed by atoms with van der Waals surface area (Å²) >= 11 is 0. The van der Waals surface area contributed by atoms with Crippen molar-refractivity contribution in [2.75, 3.05) is 6.54 Å². The fourth-order valence-corrected chi connectivity index (χ4v) is 2.98. The number of benzene rings is 1. The van der Waals surface area contributed by atoms with Gasteiger partial charge in [-0.2, -0.15) is 5.10 Å². The summed E-state index contributed by atoms with van der Waals surface area (Å²) in [7, 11) is 0. The van der Waals surface area contributed by atoms with Gasteiger partial charge in [0.05, 0.1) is 11.9 Å². The minimum Gasteiger partial charge on any atom is -0.335 e. The Hall–Kier alpha value is -2.40. The first kappa shape index (κ1) is 17.4. The lowest BCUT2D eigenvalue weighted by atomic mass is 10.2. The van der Waals surface area contributed by atoms with Crippen molar-refractivity contribution in [2.24, 2.45) is 0 Å². The molecule has 132 valence electrons. The molecule has 0 aliphatic carbocycles. The van der Waals surface area contributed by atoms with Gasteiger partial charge < -0.3 is 9.88 Å². The van der Waals surface area contributed by atoms with E-state index in [2.05, 4.69) is 77.4 Å². The van der Waals surface area contributed by atoms with Crippen molar-refractivity contribution < 1.29 is 0 Å². The van der Waals surface area contributed by atoms with Crippen LogP contribution in [0.25, 0.3) is 5.69 Å². The summed E-state index contributed by atoms with van der Waals surface area (Å²) in [6.07, 6.45) is 9.07. The molecule has 5 heteroatoms. The first-order valence-corrected chi connectivity index (χ1v) is 8.96. The first-order valence-electron chi connectivity index (χ1n) is 8.96. The zero-order valence-corrected chi connectivity index (χ0v) is 15.3. The quantitative estimate of drug-likeness (QED) is 0.638. The predicted octanol–water partition coefficient (Wildman–Crippen LogP) is 3.68. The number of imidazole rings is 1. The Balaban J connectivity index is 1.45. The Morgan fingerprint density at radius 1 is 1.24 bits per heavy atom. The van der Waals surface area contributed by atoms with Crippen LogP contribution in [0.15, 0.2) is 49.1 Å². The fraction of sp³-hybridized carbons (Fsp3) is 0.400. The van der Waals surface area contributed by atoms with E-state index in [0.717, 1.165) is 31.7 Å².